The maximum atomic E-state index is 2.55. The summed E-state index contributed by atoms with van der Waals surface area (Å²) in [5.74, 6) is 0. The molecule has 0 radical (unpaired) electrons. The maximum absolute atomic E-state index is 2.55. The van der Waals surface area contributed by atoms with Crippen LogP contribution in [0.25, 0.3) is 89.0 Å². The van der Waals surface area contributed by atoms with Gasteiger partial charge in [-0.2, -0.15) is 0 Å². The Morgan fingerprint density at radius 3 is 0.667 bits per heavy atom. The summed E-state index contributed by atoms with van der Waals surface area (Å²) in [6.45, 7) is 4.77. The molecule has 0 aromatic heterocycles. The SMILES string of the molecule is CC1(C)c2ccccc2-c2ccc(N(c3ccc4c(c3)C3(c5ccccc5-4)c4ccccc4C(c4ccccc4)(c4ccccc4)c4ccccc43)c3ccc(-c4ccccc4)cc3-c3ccccc3)cc21.c1ccc(-c2ccc(N(c3ccc4c(c3)C3(c5ccccc5-4)c4ccccc4C(c4ccccc4)(c4ccccc4)c4ccccc43)c3ccc(-c4ccccc4)cc3-c3ccccc3)cc2)cc1. The van der Waals surface area contributed by atoms with Crippen LogP contribution in [0.1, 0.15) is 114 Å². The van der Waals surface area contributed by atoms with Crippen molar-refractivity contribution >= 4 is 34.1 Å². The average molecular weight is 1800 g/mol. The van der Waals surface area contributed by atoms with Crippen molar-refractivity contribution in [2.24, 2.45) is 0 Å². The highest BCUT2D eigenvalue weighted by molar-refractivity contribution is 5.99. The molecule has 2 spiro atoms. The van der Waals surface area contributed by atoms with E-state index in [9.17, 15) is 0 Å². The lowest BCUT2D eigenvalue weighted by atomic mass is 9.51. The van der Waals surface area contributed by atoms with Crippen molar-refractivity contribution in [2.75, 3.05) is 9.80 Å². The van der Waals surface area contributed by atoms with E-state index < -0.39 is 21.7 Å². The Bertz CT molecular complexity index is 8350. The van der Waals surface area contributed by atoms with E-state index in [0.29, 0.717) is 0 Å². The van der Waals surface area contributed by atoms with E-state index in [1.165, 1.54) is 178 Å². The Morgan fingerprint density at radius 1 is 0.128 bits per heavy atom. The van der Waals surface area contributed by atoms with E-state index in [1.54, 1.807) is 0 Å². The Balaban J connectivity index is 0.000000145. The topological polar surface area (TPSA) is 6.48 Å². The number of rotatable bonds is 15. The van der Waals surface area contributed by atoms with Crippen LogP contribution in [0.3, 0.4) is 0 Å². The van der Waals surface area contributed by atoms with Crippen molar-refractivity contribution in [1.29, 1.82) is 0 Å². The van der Waals surface area contributed by atoms with Gasteiger partial charge in [0.25, 0.3) is 0 Å². The van der Waals surface area contributed by atoms with Crippen LogP contribution in [0.15, 0.2) is 558 Å². The third-order valence-corrected chi connectivity index (χ3v) is 31.3. The lowest BCUT2D eigenvalue weighted by Gasteiger charge is -2.50. The number of benzene rings is 22. The summed E-state index contributed by atoms with van der Waals surface area (Å²) in [6.07, 6.45) is 0. The zero-order valence-corrected chi connectivity index (χ0v) is 78.5. The molecule has 664 valence electrons. The van der Waals surface area contributed by atoms with E-state index in [4.69, 9.17) is 0 Å². The average Bonchev–Trinajstić information content (AvgIpc) is 1.62. The standard InChI is InChI=1S/C71H51N.C68H47N/c1-69(2)60-33-17-15-31-55(60)57-42-40-53(46-66(57)69)72(68-44-39-50(48-23-7-3-8-24-48)45-59(68)49-25-9-4-10-26-49)54-41-43-58-56-32-16-18-34-61(56)71(67(58)47-54)64-37-21-19-35-62(64)70(51-27-11-5-12-28-51,52-29-13-6-14-30-52)63-36-20-22-38-65(63)71;1-6-22-48(23-7-1)50-38-41-55(42-39-50)69(66-45-40-52(49-24-8-2-9-25-49)46-59(66)51-26-10-3-11-27-51)56-43-44-58-57-32-16-17-33-60(57)68(65(58)47-56)63-36-20-18-34-61(63)67(53-28-12-4-13-29-53,54-30-14-5-15-31-54)62-35-19-21-37-64(62)68/h3-47H,1-2H3;1-47H. The molecule has 2 heteroatoms. The monoisotopic (exact) mass is 1790 g/mol. The van der Waals surface area contributed by atoms with Gasteiger partial charge in [0.2, 0.25) is 0 Å². The van der Waals surface area contributed by atoms with Crippen LogP contribution in [-0.2, 0) is 27.1 Å². The number of hydrogen-bond donors (Lipinski definition) is 0. The molecule has 0 saturated carbocycles. The molecule has 5 aliphatic rings. The highest BCUT2D eigenvalue weighted by atomic mass is 15.2. The minimum Gasteiger partial charge on any atom is -0.310 e. The van der Waals surface area contributed by atoms with E-state index in [2.05, 4.69) is 582 Å². The second kappa shape index (κ2) is 34.0. The maximum Gasteiger partial charge on any atom is 0.0720 e. The number of nitrogens with zero attached hydrogens (tertiary/aromatic N) is 2. The molecule has 22 aromatic rings. The fourth-order valence-corrected chi connectivity index (χ4v) is 25.3. The third-order valence-electron chi connectivity index (χ3n) is 31.3. The van der Waals surface area contributed by atoms with E-state index in [0.717, 1.165) is 45.3 Å². The summed E-state index contributed by atoms with van der Waals surface area (Å²) in [7, 11) is 0. The van der Waals surface area contributed by atoms with Gasteiger partial charge >= 0.3 is 0 Å². The fourth-order valence-electron chi connectivity index (χ4n) is 25.3. The lowest BCUT2D eigenvalue weighted by molar-refractivity contribution is 0.623. The summed E-state index contributed by atoms with van der Waals surface area (Å²) in [6, 6.07) is 208. The van der Waals surface area contributed by atoms with Crippen molar-refractivity contribution in [2.45, 2.75) is 40.9 Å². The Kier molecular flexibility index (Phi) is 20.3. The molecule has 2 nitrogen and oxygen atoms in total. The highest BCUT2D eigenvalue weighted by Crippen LogP contribution is 2.69. The summed E-state index contributed by atoms with van der Waals surface area (Å²) in [5.41, 5.74) is 46.8. The zero-order chi connectivity index (χ0) is 93.8. The second-order valence-electron chi connectivity index (χ2n) is 38.6. The van der Waals surface area contributed by atoms with Crippen LogP contribution in [-0.4, -0.2) is 0 Å². The highest BCUT2D eigenvalue weighted by Gasteiger charge is 2.59. The van der Waals surface area contributed by atoms with Gasteiger partial charge in [-0.25, -0.2) is 0 Å². The van der Waals surface area contributed by atoms with Crippen LogP contribution >= 0.6 is 0 Å². The fraction of sp³-hybridized carbons (Fsp3) is 0.0504. The Labute approximate surface area is 826 Å². The van der Waals surface area contributed by atoms with Crippen molar-refractivity contribution in [1.82, 2.24) is 0 Å². The van der Waals surface area contributed by atoms with Gasteiger partial charge in [0.05, 0.1) is 33.0 Å². The zero-order valence-electron chi connectivity index (χ0n) is 78.5. The van der Waals surface area contributed by atoms with Crippen molar-refractivity contribution < 1.29 is 0 Å². The van der Waals surface area contributed by atoms with Gasteiger partial charge < -0.3 is 9.80 Å². The van der Waals surface area contributed by atoms with E-state index >= 15 is 0 Å². The molecule has 141 heavy (non-hydrogen) atoms. The van der Waals surface area contributed by atoms with Crippen LogP contribution in [0, 0.1) is 0 Å². The first kappa shape index (κ1) is 84.0. The van der Waals surface area contributed by atoms with Gasteiger partial charge in [0.1, 0.15) is 0 Å². The van der Waals surface area contributed by atoms with Crippen LogP contribution in [0.4, 0.5) is 34.1 Å². The molecule has 0 saturated heterocycles. The molecule has 22 aromatic carbocycles. The third kappa shape index (κ3) is 12.9. The first-order valence-electron chi connectivity index (χ1n) is 49.3. The van der Waals surface area contributed by atoms with Gasteiger partial charge in [0, 0.05) is 39.3 Å². The Morgan fingerprint density at radius 2 is 0.340 bits per heavy atom. The molecule has 0 fully saturated rings. The normalized spacial score (nSPS) is 14.0. The largest absolute Gasteiger partial charge is 0.310 e. The molecular weight excluding hydrogens is 1700 g/mol. The predicted octanol–water partition coefficient (Wildman–Crippen LogP) is 35.1. The van der Waals surface area contributed by atoms with E-state index in [-0.39, 0.29) is 5.41 Å². The Hall–Kier alpha value is -17.6. The summed E-state index contributed by atoms with van der Waals surface area (Å²) in [4.78, 5) is 5.04. The molecule has 0 N–H and O–H groups in total. The molecule has 0 amide bonds. The van der Waals surface area contributed by atoms with Gasteiger partial charge in [0.15, 0.2) is 0 Å². The predicted molar refractivity (Wildman–Crippen MR) is 585 cm³/mol. The minimum atomic E-state index is -0.644. The summed E-state index contributed by atoms with van der Waals surface area (Å²) >= 11 is 0. The van der Waals surface area contributed by atoms with Gasteiger partial charge in [-0.05, 0) is 251 Å². The molecular formula is C139H98N2. The molecule has 0 bridgehead atoms. The van der Waals surface area contributed by atoms with Gasteiger partial charge in [-0.3, -0.25) is 0 Å². The molecule has 0 unspecified atom stereocenters. The first-order valence-corrected chi connectivity index (χ1v) is 49.3. The van der Waals surface area contributed by atoms with Crippen LogP contribution in [0.2, 0.25) is 0 Å². The van der Waals surface area contributed by atoms with E-state index in [1.807, 2.05) is 0 Å². The number of fused-ring (bicyclic) bond motifs is 21. The molecule has 0 aliphatic heterocycles. The van der Waals surface area contributed by atoms with Crippen molar-refractivity contribution in [3.63, 3.8) is 0 Å². The number of anilines is 6. The summed E-state index contributed by atoms with van der Waals surface area (Å²) < 4.78 is 0. The van der Waals surface area contributed by atoms with Gasteiger partial charge in [-0.15, -0.1) is 0 Å². The van der Waals surface area contributed by atoms with Gasteiger partial charge in [-0.1, -0.05) is 499 Å². The second-order valence-corrected chi connectivity index (χ2v) is 38.6. The quantitative estimate of drug-likeness (QED) is 0.101. The first-order chi connectivity index (χ1) is 69.7. The molecule has 0 atom stereocenters. The molecule has 0 heterocycles. The van der Waals surface area contributed by atoms with Crippen LogP contribution in [0.5, 0.6) is 0 Å². The molecule has 5 aliphatic carbocycles. The summed E-state index contributed by atoms with van der Waals surface area (Å²) in [5, 5.41) is 0. The smallest absolute Gasteiger partial charge is 0.0720 e. The number of hydrogen-bond acceptors (Lipinski definition) is 2. The minimum absolute atomic E-state index is 0.184. The lowest BCUT2D eigenvalue weighted by Crippen LogP contribution is -2.44. The molecule has 27 rings (SSSR count). The van der Waals surface area contributed by atoms with Crippen molar-refractivity contribution in [3.8, 4) is 89.0 Å². The van der Waals surface area contributed by atoms with Crippen LogP contribution < -0.4 is 9.80 Å². The van der Waals surface area contributed by atoms with Crippen molar-refractivity contribution in [3.05, 3.63) is 658 Å².